The molecule has 2 aromatic rings. The van der Waals surface area contributed by atoms with Crippen LogP contribution in [0.15, 0.2) is 35.3 Å². The maximum Gasteiger partial charge on any atom is 0.230 e. The number of aliphatic imine (C=N–C) groups is 1. The van der Waals surface area contributed by atoms with Gasteiger partial charge in [0.05, 0.1) is 5.75 Å². The lowest BCUT2D eigenvalue weighted by atomic mass is 9.95. The molecule has 1 aliphatic carbocycles. The Morgan fingerprint density at radius 3 is 2.90 bits per heavy atom. The van der Waals surface area contributed by atoms with Gasteiger partial charge in [-0.2, -0.15) is 0 Å². The summed E-state index contributed by atoms with van der Waals surface area (Å²) in [4.78, 5) is 19.0. The predicted octanol–water partition coefficient (Wildman–Crippen LogP) is 5.25. The molecule has 4 nitrogen and oxygen atoms in total. The summed E-state index contributed by atoms with van der Waals surface area (Å²) in [6.07, 6.45) is 7.75. The number of carbonyl (C=O) groups is 1. The topological polar surface area (TPSA) is 53.5 Å². The molecule has 7 heteroatoms. The van der Waals surface area contributed by atoms with E-state index in [1.165, 1.54) is 45.8 Å². The molecule has 29 heavy (non-hydrogen) atoms. The van der Waals surface area contributed by atoms with E-state index in [9.17, 15) is 4.79 Å². The van der Waals surface area contributed by atoms with Gasteiger partial charge in [-0.3, -0.25) is 4.79 Å². The van der Waals surface area contributed by atoms with Gasteiger partial charge >= 0.3 is 0 Å². The number of anilines is 1. The summed E-state index contributed by atoms with van der Waals surface area (Å²) in [5, 5.41) is 8.85. The molecule has 4 rings (SSSR count). The van der Waals surface area contributed by atoms with Crippen molar-refractivity contribution in [1.29, 1.82) is 0 Å². The van der Waals surface area contributed by atoms with Crippen LogP contribution in [0.5, 0.6) is 0 Å². The zero-order chi connectivity index (χ0) is 20.2. The van der Waals surface area contributed by atoms with Crippen LogP contribution in [0.1, 0.15) is 46.7 Å². The van der Waals surface area contributed by atoms with Crippen LogP contribution in [0, 0.1) is 0 Å². The molecule has 1 aliphatic heterocycles. The van der Waals surface area contributed by atoms with Crippen molar-refractivity contribution in [3.8, 4) is 0 Å². The molecule has 0 radical (unpaired) electrons. The Morgan fingerprint density at radius 2 is 2.10 bits per heavy atom. The fourth-order valence-electron chi connectivity index (χ4n) is 3.96. The van der Waals surface area contributed by atoms with Crippen LogP contribution in [0.2, 0.25) is 0 Å². The number of aryl methyl sites for hydroxylation is 1. The quantitative estimate of drug-likeness (QED) is 0.638. The van der Waals surface area contributed by atoms with Crippen LogP contribution in [0.3, 0.4) is 0 Å². The molecular weight excluding hydrogens is 418 g/mol. The third-order valence-corrected chi connectivity index (χ3v) is 8.17. The predicted molar refractivity (Wildman–Crippen MR) is 128 cm³/mol. The number of thioether (sulfide) groups is 2. The zero-order valence-corrected chi connectivity index (χ0v) is 19.3. The van der Waals surface area contributed by atoms with E-state index in [1.807, 2.05) is 35.8 Å². The summed E-state index contributed by atoms with van der Waals surface area (Å²) in [5.74, 6) is 0.516. The molecular formula is C22H27N3OS3. The molecule has 2 aliphatic rings. The van der Waals surface area contributed by atoms with Crippen LogP contribution in [-0.2, 0) is 24.1 Å². The molecule has 1 aromatic heterocycles. The third-order valence-electron chi connectivity index (χ3n) is 5.27. The third kappa shape index (κ3) is 5.01. The Kier molecular flexibility index (Phi) is 6.88. The number of rotatable bonds is 6. The highest BCUT2D eigenvalue weighted by Crippen LogP contribution is 2.48. The Labute approximate surface area is 185 Å². The second-order valence-electron chi connectivity index (χ2n) is 7.54. The normalized spacial score (nSPS) is 18.8. The first kappa shape index (κ1) is 20.8. The van der Waals surface area contributed by atoms with Gasteiger partial charge in [-0.25, -0.2) is 4.99 Å². The first-order chi connectivity index (χ1) is 14.1. The van der Waals surface area contributed by atoms with Gasteiger partial charge in [0.15, 0.2) is 5.17 Å². The molecule has 2 unspecified atom stereocenters. The summed E-state index contributed by atoms with van der Waals surface area (Å²) >= 11 is 5.17. The van der Waals surface area contributed by atoms with Crippen molar-refractivity contribution >= 4 is 50.9 Å². The first-order valence-electron chi connectivity index (χ1n) is 10.1. The monoisotopic (exact) mass is 445 g/mol. The lowest BCUT2D eigenvalue weighted by Crippen LogP contribution is -2.35. The van der Waals surface area contributed by atoms with Crippen molar-refractivity contribution in [3.63, 3.8) is 0 Å². The maximum atomic E-state index is 12.6. The molecule has 0 fully saturated rings. The number of thiophene rings is 1. The highest BCUT2D eigenvalue weighted by Gasteiger charge is 2.30. The average Bonchev–Trinajstić information content (AvgIpc) is 3.11. The summed E-state index contributed by atoms with van der Waals surface area (Å²) in [5.41, 5.74) is 4.07. The second kappa shape index (κ2) is 9.58. The zero-order valence-electron chi connectivity index (χ0n) is 16.9. The molecule has 2 N–H and O–H groups in total. The van der Waals surface area contributed by atoms with Crippen molar-refractivity contribution in [3.05, 3.63) is 51.9 Å². The summed E-state index contributed by atoms with van der Waals surface area (Å²) in [6.45, 7) is 2.07. The molecule has 154 valence electrons. The van der Waals surface area contributed by atoms with E-state index in [0.29, 0.717) is 5.75 Å². The molecule has 1 amide bonds. The fraction of sp³-hybridized carbons (Fsp3) is 0.455. The summed E-state index contributed by atoms with van der Waals surface area (Å²) in [6, 6.07) is 10.4. The minimum Gasteiger partial charge on any atom is -0.353 e. The standard InChI is InChI=1S/C22H27N3OS3/c1-14(12-15-8-4-3-5-9-15)23-18(26)13-28-20-19-16-10-6-7-11-17(16)29-21(19)25-22(24-20)27-2/h3-5,8-9,14,20H,6-7,10-13H2,1-2H3,(H,23,26)(H,24,25). The molecule has 1 aromatic carbocycles. The number of amides is 1. The average molecular weight is 446 g/mol. The lowest BCUT2D eigenvalue weighted by Gasteiger charge is -2.23. The summed E-state index contributed by atoms with van der Waals surface area (Å²) < 4.78 is 0. The lowest BCUT2D eigenvalue weighted by molar-refractivity contribution is -0.119. The van der Waals surface area contributed by atoms with Gasteiger partial charge in [0, 0.05) is 16.5 Å². The Bertz CT molecular complexity index is 894. The van der Waals surface area contributed by atoms with Gasteiger partial charge in [-0.15, -0.1) is 23.1 Å². The first-order valence-corrected chi connectivity index (χ1v) is 13.2. The van der Waals surface area contributed by atoms with E-state index >= 15 is 0 Å². The molecule has 2 atom stereocenters. The summed E-state index contributed by atoms with van der Waals surface area (Å²) in [7, 11) is 0. The van der Waals surface area contributed by atoms with Crippen LogP contribution in [0.4, 0.5) is 5.00 Å². The van der Waals surface area contributed by atoms with E-state index in [1.54, 1.807) is 23.5 Å². The number of benzene rings is 1. The molecule has 2 heterocycles. The van der Waals surface area contributed by atoms with Crippen LogP contribution in [0.25, 0.3) is 0 Å². The van der Waals surface area contributed by atoms with Crippen molar-refractivity contribution in [2.75, 3.05) is 17.3 Å². The Morgan fingerprint density at radius 1 is 1.31 bits per heavy atom. The van der Waals surface area contributed by atoms with Crippen molar-refractivity contribution in [2.45, 2.75) is 50.4 Å². The van der Waals surface area contributed by atoms with Crippen molar-refractivity contribution in [1.82, 2.24) is 5.32 Å². The van der Waals surface area contributed by atoms with Crippen molar-refractivity contribution < 1.29 is 4.79 Å². The van der Waals surface area contributed by atoms with E-state index < -0.39 is 0 Å². The molecule has 0 bridgehead atoms. The second-order valence-corrected chi connectivity index (χ2v) is 10.5. The van der Waals surface area contributed by atoms with Gasteiger partial charge in [0.1, 0.15) is 10.4 Å². The number of fused-ring (bicyclic) bond motifs is 3. The molecule has 0 saturated heterocycles. The van der Waals surface area contributed by atoms with Gasteiger partial charge in [0.25, 0.3) is 0 Å². The van der Waals surface area contributed by atoms with Gasteiger partial charge in [-0.05, 0) is 56.4 Å². The number of hydrogen-bond donors (Lipinski definition) is 2. The van der Waals surface area contributed by atoms with E-state index in [0.717, 1.165) is 18.0 Å². The Hall–Kier alpha value is -1.44. The van der Waals surface area contributed by atoms with E-state index in [4.69, 9.17) is 4.99 Å². The fourth-order valence-corrected chi connectivity index (χ4v) is 6.90. The minimum atomic E-state index is 0.0157. The van der Waals surface area contributed by atoms with Gasteiger partial charge in [0.2, 0.25) is 5.91 Å². The highest BCUT2D eigenvalue weighted by molar-refractivity contribution is 8.13. The number of amidine groups is 1. The number of nitrogens with zero attached hydrogens (tertiary/aromatic N) is 1. The van der Waals surface area contributed by atoms with Gasteiger partial charge in [-0.1, -0.05) is 42.1 Å². The highest BCUT2D eigenvalue weighted by atomic mass is 32.2. The number of nitrogens with one attached hydrogen (secondary N) is 2. The van der Waals surface area contributed by atoms with E-state index in [2.05, 4.69) is 29.7 Å². The minimum absolute atomic E-state index is 0.0157. The molecule has 0 saturated carbocycles. The largest absolute Gasteiger partial charge is 0.353 e. The number of carbonyl (C=O) groups excluding carboxylic acids is 1. The van der Waals surface area contributed by atoms with Gasteiger partial charge < -0.3 is 10.6 Å². The van der Waals surface area contributed by atoms with E-state index in [-0.39, 0.29) is 17.3 Å². The number of hydrogen-bond acceptors (Lipinski definition) is 6. The Balaban J connectivity index is 1.39. The van der Waals surface area contributed by atoms with Crippen molar-refractivity contribution in [2.24, 2.45) is 4.99 Å². The van der Waals surface area contributed by atoms with Crippen LogP contribution < -0.4 is 10.6 Å². The maximum absolute atomic E-state index is 12.6. The SMILES string of the molecule is CSC1=NC(SCC(=O)NC(C)Cc2ccccc2)c2c(sc3c2CCCC3)N1. The van der Waals surface area contributed by atoms with Crippen LogP contribution >= 0.6 is 34.9 Å². The smallest absolute Gasteiger partial charge is 0.230 e. The van der Waals surface area contributed by atoms with Crippen LogP contribution in [-0.4, -0.2) is 29.1 Å². The molecule has 0 spiro atoms.